The van der Waals surface area contributed by atoms with E-state index in [1.807, 2.05) is 49.4 Å². The number of rotatable bonds is 6. The summed E-state index contributed by atoms with van der Waals surface area (Å²) in [6, 6.07) is 18.1. The Bertz CT molecular complexity index is 1260. The minimum absolute atomic E-state index is 0.0455. The highest BCUT2D eigenvalue weighted by Crippen LogP contribution is 2.35. The first kappa shape index (κ1) is 20.3. The number of thioether (sulfide) groups is 1. The Morgan fingerprint density at radius 2 is 1.84 bits per heavy atom. The number of nitrogens with zero attached hydrogens (tertiary/aromatic N) is 2. The molecule has 158 valence electrons. The second kappa shape index (κ2) is 8.89. The molecular weight excluding hydrogens is 424 g/mol. The van der Waals surface area contributed by atoms with Crippen molar-refractivity contribution < 1.29 is 4.74 Å². The minimum atomic E-state index is 0.0455. The van der Waals surface area contributed by atoms with Crippen LogP contribution in [0.2, 0.25) is 0 Å². The van der Waals surface area contributed by atoms with Crippen molar-refractivity contribution in [3.8, 4) is 11.4 Å². The van der Waals surface area contributed by atoms with Crippen molar-refractivity contribution in [2.45, 2.75) is 43.5 Å². The number of hydrogen-bond donors (Lipinski definition) is 0. The van der Waals surface area contributed by atoms with Crippen LogP contribution >= 0.6 is 23.1 Å². The topological polar surface area (TPSA) is 44.1 Å². The van der Waals surface area contributed by atoms with Gasteiger partial charge in [-0.1, -0.05) is 42.1 Å². The smallest absolute Gasteiger partial charge is 0.267 e. The van der Waals surface area contributed by atoms with Crippen molar-refractivity contribution >= 4 is 33.3 Å². The second-order valence-corrected chi connectivity index (χ2v) is 9.65. The van der Waals surface area contributed by atoms with Gasteiger partial charge in [0.2, 0.25) is 0 Å². The van der Waals surface area contributed by atoms with Gasteiger partial charge in [-0.05, 0) is 68.0 Å². The lowest BCUT2D eigenvalue weighted by atomic mass is 9.97. The maximum absolute atomic E-state index is 13.8. The highest BCUT2D eigenvalue weighted by atomic mass is 32.2. The van der Waals surface area contributed by atoms with Gasteiger partial charge in [0.25, 0.3) is 5.56 Å². The Morgan fingerprint density at radius 3 is 2.61 bits per heavy atom. The lowest BCUT2D eigenvalue weighted by Gasteiger charge is -2.14. The Kier molecular flexibility index (Phi) is 5.83. The van der Waals surface area contributed by atoms with E-state index in [0.717, 1.165) is 51.8 Å². The molecule has 0 radical (unpaired) electrons. The second-order valence-electron chi connectivity index (χ2n) is 7.63. The van der Waals surface area contributed by atoms with E-state index in [0.29, 0.717) is 6.61 Å². The van der Waals surface area contributed by atoms with Crippen LogP contribution in [0, 0.1) is 0 Å². The lowest BCUT2D eigenvalue weighted by molar-refractivity contribution is 0.340. The van der Waals surface area contributed by atoms with Crippen LogP contribution in [0.5, 0.6) is 5.75 Å². The first-order valence-corrected chi connectivity index (χ1v) is 12.5. The number of hydrogen-bond acceptors (Lipinski definition) is 5. The molecular formula is C25H24N2O2S2. The van der Waals surface area contributed by atoms with Crippen LogP contribution in [0.4, 0.5) is 0 Å². The molecule has 0 amide bonds. The quantitative estimate of drug-likeness (QED) is 0.267. The molecule has 0 spiro atoms. The fourth-order valence-electron chi connectivity index (χ4n) is 4.09. The molecule has 5 rings (SSSR count). The van der Waals surface area contributed by atoms with Crippen LogP contribution in [-0.2, 0) is 18.6 Å². The number of aryl methyl sites for hydroxylation is 2. The van der Waals surface area contributed by atoms with Crippen LogP contribution < -0.4 is 10.3 Å². The lowest BCUT2D eigenvalue weighted by Crippen LogP contribution is -2.22. The number of ether oxygens (including phenoxy) is 1. The maximum atomic E-state index is 13.8. The van der Waals surface area contributed by atoms with Crippen molar-refractivity contribution in [2.24, 2.45) is 0 Å². The van der Waals surface area contributed by atoms with Crippen LogP contribution in [0.1, 0.15) is 35.8 Å². The van der Waals surface area contributed by atoms with E-state index in [1.54, 1.807) is 27.7 Å². The molecule has 0 bridgehead atoms. The first-order valence-electron chi connectivity index (χ1n) is 10.7. The monoisotopic (exact) mass is 448 g/mol. The van der Waals surface area contributed by atoms with Crippen molar-refractivity contribution in [3.05, 3.63) is 81.0 Å². The van der Waals surface area contributed by atoms with Crippen LogP contribution in [0.3, 0.4) is 0 Å². The molecule has 4 nitrogen and oxygen atoms in total. The van der Waals surface area contributed by atoms with E-state index in [1.165, 1.54) is 22.4 Å². The maximum Gasteiger partial charge on any atom is 0.267 e. The largest absolute Gasteiger partial charge is 0.494 e. The highest BCUT2D eigenvalue weighted by Gasteiger charge is 2.23. The summed E-state index contributed by atoms with van der Waals surface area (Å²) in [5.41, 5.74) is 3.31. The summed E-state index contributed by atoms with van der Waals surface area (Å²) in [5, 5.41) is 1.56. The third-order valence-electron chi connectivity index (χ3n) is 5.57. The van der Waals surface area contributed by atoms with Crippen molar-refractivity contribution in [1.29, 1.82) is 0 Å². The fraction of sp³-hybridized carbons (Fsp3) is 0.280. The summed E-state index contributed by atoms with van der Waals surface area (Å²) in [6.07, 6.45) is 4.38. The number of fused-ring (bicyclic) bond motifs is 3. The molecule has 31 heavy (non-hydrogen) atoms. The molecule has 2 aromatic carbocycles. The van der Waals surface area contributed by atoms with Gasteiger partial charge in [-0.25, -0.2) is 4.98 Å². The molecule has 0 atom stereocenters. The molecule has 0 aliphatic heterocycles. The van der Waals surface area contributed by atoms with E-state index in [9.17, 15) is 4.79 Å². The van der Waals surface area contributed by atoms with Crippen LogP contribution in [-0.4, -0.2) is 16.2 Å². The average Bonchev–Trinajstić information content (AvgIpc) is 3.18. The van der Waals surface area contributed by atoms with Gasteiger partial charge in [-0.15, -0.1) is 11.3 Å². The van der Waals surface area contributed by atoms with Gasteiger partial charge in [0.15, 0.2) is 5.16 Å². The molecule has 1 aliphatic rings. The normalized spacial score (nSPS) is 13.3. The van der Waals surface area contributed by atoms with Crippen molar-refractivity contribution in [2.75, 3.05) is 6.61 Å². The summed E-state index contributed by atoms with van der Waals surface area (Å²) in [5.74, 6) is 1.57. The Balaban J connectivity index is 1.64. The van der Waals surface area contributed by atoms with Crippen molar-refractivity contribution in [1.82, 2.24) is 9.55 Å². The molecule has 4 aromatic rings. The summed E-state index contributed by atoms with van der Waals surface area (Å²) >= 11 is 3.32. The van der Waals surface area contributed by atoms with Gasteiger partial charge in [0.05, 0.1) is 17.7 Å². The van der Waals surface area contributed by atoms with Gasteiger partial charge in [-0.2, -0.15) is 0 Å². The van der Waals surface area contributed by atoms with Gasteiger partial charge < -0.3 is 4.74 Å². The molecule has 0 saturated carbocycles. The Labute approximate surface area is 189 Å². The molecule has 0 unspecified atom stereocenters. The molecule has 0 fully saturated rings. The summed E-state index contributed by atoms with van der Waals surface area (Å²) < 4.78 is 7.37. The van der Waals surface area contributed by atoms with E-state index >= 15 is 0 Å². The summed E-state index contributed by atoms with van der Waals surface area (Å²) in [7, 11) is 0. The SMILES string of the molecule is CCOc1ccc(-n2c(SCc3ccccc3)nc3sc4c(c3c2=O)CCCC4)cc1. The van der Waals surface area contributed by atoms with Gasteiger partial charge in [0.1, 0.15) is 10.6 Å². The fourth-order valence-corrected chi connectivity index (χ4v) is 6.36. The molecule has 1 aliphatic carbocycles. The van der Waals surface area contributed by atoms with E-state index in [-0.39, 0.29) is 5.56 Å². The Morgan fingerprint density at radius 1 is 1.06 bits per heavy atom. The predicted octanol–water partition coefficient (Wildman–Crippen LogP) is 6.02. The van der Waals surface area contributed by atoms with Gasteiger partial charge in [-0.3, -0.25) is 9.36 Å². The summed E-state index contributed by atoms with van der Waals surface area (Å²) in [6.45, 7) is 2.58. The minimum Gasteiger partial charge on any atom is -0.494 e. The molecule has 2 aromatic heterocycles. The number of aromatic nitrogens is 2. The average molecular weight is 449 g/mol. The van der Waals surface area contributed by atoms with Crippen LogP contribution in [0.25, 0.3) is 15.9 Å². The standard InChI is InChI=1S/C25H24N2O2S2/c1-2-29-19-14-12-18(13-15-19)27-24(28)22-20-10-6-7-11-21(20)31-23(22)26-25(27)30-16-17-8-4-3-5-9-17/h3-5,8-9,12-15H,2,6-7,10-11,16H2,1H3. The van der Waals surface area contributed by atoms with Gasteiger partial charge >= 0.3 is 0 Å². The third kappa shape index (κ3) is 4.02. The zero-order valence-electron chi connectivity index (χ0n) is 17.5. The molecule has 0 N–H and O–H groups in total. The van der Waals surface area contributed by atoms with Gasteiger partial charge in [0, 0.05) is 10.6 Å². The zero-order valence-corrected chi connectivity index (χ0v) is 19.1. The molecule has 6 heteroatoms. The third-order valence-corrected chi connectivity index (χ3v) is 7.77. The highest BCUT2D eigenvalue weighted by molar-refractivity contribution is 7.98. The van der Waals surface area contributed by atoms with E-state index in [4.69, 9.17) is 9.72 Å². The van der Waals surface area contributed by atoms with Crippen molar-refractivity contribution in [3.63, 3.8) is 0 Å². The first-order chi connectivity index (χ1) is 15.2. The summed E-state index contributed by atoms with van der Waals surface area (Å²) in [4.78, 5) is 21.0. The predicted molar refractivity (Wildman–Crippen MR) is 129 cm³/mol. The number of thiophene rings is 1. The zero-order chi connectivity index (χ0) is 21.2. The molecule has 2 heterocycles. The molecule has 0 saturated heterocycles. The number of benzene rings is 2. The van der Waals surface area contributed by atoms with E-state index < -0.39 is 0 Å². The van der Waals surface area contributed by atoms with Crippen LogP contribution in [0.15, 0.2) is 64.5 Å². The Hall–Kier alpha value is -2.57. The van der Waals surface area contributed by atoms with E-state index in [2.05, 4.69) is 12.1 Å².